The summed E-state index contributed by atoms with van der Waals surface area (Å²) < 4.78 is 44.8. The molecular formula is C20H26F3N5O2. The van der Waals surface area contributed by atoms with E-state index in [1.807, 2.05) is 0 Å². The summed E-state index contributed by atoms with van der Waals surface area (Å²) in [6.07, 6.45) is 2.19. The molecule has 7 nitrogen and oxygen atoms in total. The van der Waals surface area contributed by atoms with Gasteiger partial charge in [-0.3, -0.25) is 0 Å². The number of pyridine rings is 1. The molecule has 1 saturated heterocycles. The van der Waals surface area contributed by atoms with E-state index in [1.54, 1.807) is 11.8 Å². The highest BCUT2D eigenvalue weighted by Crippen LogP contribution is 2.36. The van der Waals surface area contributed by atoms with Gasteiger partial charge in [-0.1, -0.05) is 24.4 Å². The van der Waals surface area contributed by atoms with Gasteiger partial charge in [0.15, 0.2) is 5.82 Å². The van der Waals surface area contributed by atoms with Crippen LogP contribution in [-0.4, -0.2) is 51.5 Å². The Morgan fingerprint density at radius 1 is 1.20 bits per heavy atom. The third-order valence-corrected chi connectivity index (χ3v) is 5.89. The van der Waals surface area contributed by atoms with Crippen molar-refractivity contribution >= 4 is 5.82 Å². The molecule has 2 fully saturated rings. The highest BCUT2D eigenvalue weighted by atomic mass is 19.4. The summed E-state index contributed by atoms with van der Waals surface area (Å²) >= 11 is 0. The van der Waals surface area contributed by atoms with Gasteiger partial charge >= 0.3 is 6.18 Å². The lowest BCUT2D eigenvalue weighted by Crippen LogP contribution is -2.55. The van der Waals surface area contributed by atoms with Crippen LogP contribution in [0.4, 0.5) is 19.0 Å². The Bertz CT molecular complexity index is 866. The molecule has 0 bridgehead atoms. The molecule has 0 radical (unpaired) electrons. The molecule has 2 aliphatic rings. The normalized spacial score (nSPS) is 23.7. The number of aryl methyl sites for hydroxylation is 1. The number of piperidine rings is 1. The number of aliphatic hydroxyl groups excluding tert-OH is 1. The Labute approximate surface area is 172 Å². The zero-order valence-electron chi connectivity index (χ0n) is 16.8. The van der Waals surface area contributed by atoms with Crippen molar-refractivity contribution in [2.24, 2.45) is 0 Å². The predicted octanol–water partition coefficient (Wildman–Crippen LogP) is 3.32. The van der Waals surface area contributed by atoms with E-state index in [-0.39, 0.29) is 24.0 Å². The molecule has 2 aromatic heterocycles. The molecule has 1 aliphatic carbocycles. The van der Waals surface area contributed by atoms with Crippen LogP contribution in [0.15, 0.2) is 16.8 Å². The smallest absolute Gasteiger partial charge is 0.390 e. The van der Waals surface area contributed by atoms with E-state index in [0.29, 0.717) is 30.6 Å². The van der Waals surface area contributed by atoms with Gasteiger partial charge in [-0.2, -0.15) is 18.2 Å². The number of nitrogens with zero attached hydrogens (tertiary/aromatic N) is 4. The predicted molar refractivity (Wildman–Crippen MR) is 104 cm³/mol. The van der Waals surface area contributed by atoms with Gasteiger partial charge in [-0.25, -0.2) is 4.98 Å². The summed E-state index contributed by atoms with van der Waals surface area (Å²) in [4.78, 5) is 9.95. The van der Waals surface area contributed by atoms with Crippen molar-refractivity contribution < 1.29 is 22.8 Å². The number of rotatable bonds is 4. The van der Waals surface area contributed by atoms with E-state index in [1.165, 1.54) is 19.3 Å². The molecule has 0 aromatic carbocycles. The SMILES string of the molecule is Cc1noc(-c2cc(C(F)(F)F)cnc2N2CCC(NC3CCCCC3)[C@H](O)C2)n1. The van der Waals surface area contributed by atoms with Gasteiger partial charge in [0.2, 0.25) is 0 Å². The summed E-state index contributed by atoms with van der Waals surface area (Å²) in [7, 11) is 0. The highest BCUT2D eigenvalue weighted by molar-refractivity contribution is 5.71. The number of aliphatic hydroxyl groups is 1. The maximum Gasteiger partial charge on any atom is 0.417 e. The molecule has 0 amide bonds. The second-order valence-corrected chi connectivity index (χ2v) is 8.15. The van der Waals surface area contributed by atoms with E-state index in [4.69, 9.17) is 4.52 Å². The summed E-state index contributed by atoms with van der Waals surface area (Å²) in [5.74, 6) is 0.614. The van der Waals surface area contributed by atoms with Crippen LogP contribution in [0.25, 0.3) is 11.5 Å². The van der Waals surface area contributed by atoms with Crippen LogP contribution in [0.2, 0.25) is 0 Å². The molecule has 164 valence electrons. The monoisotopic (exact) mass is 425 g/mol. The summed E-state index contributed by atoms with van der Waals surface area (Å²) in [6.45, 7) is 2.42. The quantitative estimate of drug-likeness (QED) is 0.777. The molecule has 10 heteroatoms. The van der Waals surface area contributed by atoms with Gasteiger partial charge in [0.05, 0.1) is 17.2 Å². The lowest BCUT2D eigenvalue weighted by molar-refractivity contribution is -0.137. The van der Waals surface area contributed by atoms with Crippen molar-refractivity contribution in [3.63, 3.8) is 0 Å². The fourth-order valence-corrected chi connectivity index (χ4v) is 4.32. The second-order valence-electron chi connectivity index (χ2n) is 8.15. The average molecular weight is 425 g/mol. The number of alkyl halides is 3. The maximum atomic E-state index is 13.2. The van der Waals surface area contributed by atoms with Crippen LogP contribution < -0.4 is 10.2 Å². The average Bonchev–Trinajstić information content (AvgIpc) is 3.15. The number of halogens is 3. The summed E-state index contributed by atoms with van der Waals surface area (Å²) in [5.41, 5.74) is -0.761. The molecule has 2 N–H and O–H groups in total. The summed E-state index contributed by atoms with van der Waals surface area (Å²) in [5, 5.41) is 18.0. The number of nitrogens with one attached hydrogen (secondary N) is 1. The zero-order chi connectivity index (χ0) is 21.3. The molecule has 2 atom stereocenters. The van der Waals surface area contributed by atoms with E-state index in [0.717, 1.165) is 25.1 Å². The van der Waals surface area contributed by atoms with Gasteiger partial charge < -0.3 is 19.8 Å². The molecule has 1 aliphatic heterocycles. The Balaban J connectivity index is 1.55. The molecule has 4 rings (SSSR count). The van der Waals surface area contributed by atoms with Crippen LogP contribution in [0.3, 0.4) is 0 Å². The van der Waals surface area contributed by atoms with Crippen molar-refractivity contribution in [1.29, 1.82) is 0 Å². The number of aromatic nitrogens is 3. The van der Waals surface area contributed by atoms with Crippen LogP contribution in [0, 0.1) is 6.92 Å². The lowest BCUT2D eigenvalue weighted by Gasteiger charge is -2.39. The van der Waals surface area contributed by atoms with Gasteiger partial charge in [0, 0.05) is 31.4 Å². The first-order valence-electron chi connectivity index (χ1n) is 10.4. The first-order valence-corrected chi connectivity index (χ1v) is 10.4. The Morgan fingerprint density at radius 2 is 1.97 bits per heavy atom. The minimum atomic E-state index is -4.54. The first-order chi connectivity index (χ1) is 14.3. The highest BCUT2D eigenvalue weighted by Gasteiger charge is 2.35. The standard InChI is InChI=1S/C20H26F3N5O2/c1-12-25-19(30-27-12)15-9-13(20(21,22)23)10-24-18(15)28-8-7-16(17(29)11-28)26-14-5-3-2-4-6-14/h9-10,14,16-17,26,29H,2-8,11H2,1H3/t16?,17-/m1/s1. The molecule has 3 heterocycles. The van der Waals surface area contributed by atoms with E-state index < -0.39 is 17.8 Å². The molecule has 0 spiro atoms. The van der Waals surface area contributed by atoms with Crippen LogP contribution in [0.5, 0.6) is 0 Å². The van der Waals surface area contributed by atoms with Crippen LogP contribution in [-0.2, 0) is 6.18 Å². The van der Waals surface area contributed by atoms with E-state index in [9.17, 15) is 18.3 Å². The summed E-state index contributed by atoms with van der Waals surface area (Å²) in [6, 6.07) is 1.37. The van der Waals surface area contributed by atoms with Gasteiger partial charge in [-0.15, -0.1) is 0 Å². The largest absolute Gasteiger partial charge is 0.417 e. The van der Waals surface area contributed by atoms with Gasteiger partial charge in [0.25, 0.3) is 5.89 Å². The molecule has 2 aromatic rings. The third kappa shape index (κ3) is 4.59. The number of β-amino-alcohol motifs (C(OH)–C–C–N with tert-alkyl or cyclic N) is 1. The zero-order valence-corrected chi connectivity index (χ0v) is 16.8. The fraction of sp³-hybridized carbons (Fsp3) is 0.650. The van der Waals surface area contributed by atoms with Crippen molar-refractivity contribution in [1.82, 2.24) is 20.4 Å². The van der Waals surface area contributed by atoms with Crippen LogP contribution >= 0.6 is 0 Å². The Kier molecular flexibility index (Phi) is 5.97. The van der Waals surface area contributed by atoms with Crippen LogP contribution in [0.1, 0.15) is 49.9 Å². The Hall–Kier alpha value is -2.20. The number of hydrogen-bond donors (Lipinski definition) is 2. The molecule has 1 saturated carbocycles. The van der Waals surface area contributed by atoms with Crippen molar-refractivity contribution in [2.75, 3.05) is 18.0 Å². The minimum absolute atomic E-state index is 0.0157. The van der Waals surface area contributed by atoms with Crippen molar-refractivity contribution in [3.05, 3.63) is 23.7 Å². The molecule has 30 heavy (non-hydrogen) atoms. The van der Waals surface area contributed by atoms with Crippen molar-refractivity contribution in [3.8, 4) is 11.5 Å². The van der Waals surface area contributed by atoms with Crippen molar-refractivity contribution in [2.45, 2.75) is 69.8 Å². The lowest BCUT2D eigenvalue weighted by atomic mass is 9.92. The number of anilines is 1. The molecular weight excluding hydrogens is 399 g/mol. The van der Waals surface area contributed by atoms with E-state index >= 15 is 0 Å². The second kappa shape index (κ2) is 8.50. The van der Waals surface area contributed by atoms with Gasteiger partial charge in [0.1, 0.15) is 5.82 Å². The topological polar surface area (TPSA) is 87.3 Å². The maximum absolute atomic E-state index is 13.2. The van der Waals surface area contributed by atoms with Gasteiger partial charge in [-0.05, 0) is 32.3 Å². The number of hydrogen-bond acceptors (Lipinski definition) is 7. The minimum Gasteiger partial charge on any atom is -0.390 e. The Morgan fingerprint density at radius 3 is 2.60 bits per heavy atom. The molecule has 1 unspecified atom stereocenters. The first kappa shape index (κ1) is 21.0. The van der Waals surface area contributed by atoms with E-state index in [2.05, 4.69) is 20.4 Å². The third-order valence-electron chi connectivity index (χ3n) is 5.89. The fourth-order valence-electron chi connectivity index (χ4n) is 4.32.